The average Bonchev–Trinajstić information content (AvgIpc) is 2.94. The molecule has 1 heterocycles. The predicted molar refractivity (Wildman–Crippen MR) is 70.2 cm³/mol. The Kier molecular flexibility index (Phi) is 4.25. The minimum Gasteiger partial charge on any atom is -0.276 e. The number of nitrogens with zero attached hydrogens (tertiary/aromatic N) is 4. The molecule has 0 aliphatic heterocycles. The molecule has 1 aromatic heterocycles. The molecule has 6 nitrogen and oxygen atoms in total. The van der Waals surface area contributed by atoms with Crippen LogP contribution in [0.2, 0.25) is 0 Å². The van der Waals surface area contributed by atoms with E-state index in [-0.39, 0.29) is 6.10 Å². The van der Waals surface area contributed by atoms with Crippen molar-refractivity contribution in [3.8, 4) is 0 Å². The van der Waals surface area contributed by atoms with Gasteiger partial charge in [0.15, 0.2) is 0 Å². The van der Waals surface area contributed by atoms with E-state index in [9.17, 15) is 4.79 Å². The van der Waals surface area contributed by atoms with E-state index < -0.39 is 0 Å². The number of aromatic nitrogens is 3. The number of hydrogen-bond donors (Lipinski definition) is 0. The highest BCUT2D eigenvalue weighted by Crippen LogP contribution is 2.19. The number of hydrogen-bond acceptors (Lipinski definition) is 4. The molecule has 0 saturated heterocycles. The van der Waals surface area contributed by atoms with Gasteiger partial charge in [-0.05, 0) is 26.0 Å². The van der Waals surface area contributed by atoms with Crippen LogP contribution in [0.3, 0.4) is 0 Å². The number of aryl methyl sites for hydroxylation is 1. The highest BCUT2D eigenvalue weighted by molar-refractivity contribution is 5.71. The summed E-state index contributed by atoms with van der Waals surface area (Å²) in [5.74, 6) is 0. The number of benzene rings is 1. The lowest BCUT2D eigenvalue weighted by molar-refractivity contribution is -0.116. The van der Waals surface area contributed by atoms with Crippen LogP contribution in [0.25, 0.3) is 0 Å². The van der Waals surface area contributed by atoms with Crippen molar-refractivity contribution in [1.29, 1.82) is 0 Å². The van der Waals surface area contributed by atoms with E-state index in [1.54, 1.807) is 23.0 Å². The van der Waals surface area contributed by atoms with Gasteiger partial charge in [0.2, 0.25) is 6.41 Å². The van der Waals surface area contributed by atoms with Gasteiger partial charge in [0.05, 0.1) is 11.9 Å². The summed E-state index contributed by atoms with van der Waals surface area (Å²) in [6.07, 6.45) is 2.08. The summed E-state index contributed by atoms with van der Waals surface area (Å²) in [5.41, 5.74) is 1.36. The topological polar surface area (TPSA) is 60.2 Å². The number of rotatable bonds is 6. The third-order valence-electron chi connectivity index (χ3n) is 2.67. The van der Waals surface area contributed by atoms with E-state index in [1.807, 2.05) is 32.0 Å². The maximum Gasteiger partial charge on any atom is 0.238 e. The molecule has 1 amide bonds. The molecule has 0 aliphatic rings. The average molecular weight is 260 g/mol. The van der Waals surface area contributed by atoms with Gasteiger partial charge in [0.25, 0.3) is 0 Å². The molecule has 1 unspecified atom stereocenters. The number of carbonyl (C=O) groups excluding carboxylic acids is 1. The van der Waals surface area contributed by atoms with Crippen LogP contribution in [0.1, 0.15) is 25.6 Å². The molecular weight excluding hydrogens is 244 g/mol. The minimum absolute atomic E-state index is 0.356. The lowest BCUT2D eigenvalue weighted by atomic mass is 10.3. The lowest BCUT2D eigenvalue weighted by Gasteiger charge is -2.20. The molecule has 0 spiro atoms. The third kappa shape index (κ3) is 3.17. The van der Waals surface area contributed by atoms with E-state index in [2.05, 4.69) is 10.3 Å². The highest BCUT2D eigenvalue weighted by atomic mass is 16.7. The van der Waals surface area contributed by atoms with Crippen LogP contribution in [0, 0.1) is 0 Å². The van der Waals surface area contributed by atoms with Crippen LogP contribution >= 0.6 is 0 Å². The third-order valence-corrected chi connectivity index (χ3v) is 2.67. The van der Waals surface area contributed by atoms with E-state index in [0.717, 1.165) is 6.54 Å². The largest absolute Gasteiger partial charge is 0.276 e. The summed E-state index contributed by atoms with van der Waals surface area (Å²) in [6.45, 7) is 4.55. The SMILES string of the molecule is CCn1cc(C(C)ON(C=O)c2ccccc2)nn1. The van der Waals surface area contributed by atoms with E-state index in [4.69, 9.17) is 4.84 Å². The fraction of sp³-hybridized carbons (Fsp3) is 0.308. The van der Waals surface area contributed by atoms with Crippen molar-refractivity contribution in [3.63, 3.8) is 0 Å². The standard InChI is InChI=1S/C13H16N4O2/c1-3-16-9-13(14-15-16)11(2)19-17(10-18)12-7-5-4-6-8-12/h4-11H,3H2,1-2H3. The maximum absolute atomic E-state index is 11.1. The number of amides is 1. The molecule has 19 heavy (non-hydrogen) atoms. The van der Waals surface area contributed by atoms with Crippen molar-refractivity contribution < 1.29 is 9.63 Å². The van der Waals surface area contributed by atoms with Gasteiger partial charge in [-0.25, -0.2) is 0 Å². The Bertz CT molecular complexity index is 526. The van der Waals surface area contributed by atoms with Crippen molar-refractivity contribution in [2.75, 3.05) is 5.06 Å². The molecule has 6 heteroatoms. The predicted octanol–water partition coefficient (Wildman–Crippen LogP) is 1.95. The van der Waals surface area contributed by atoms with Crippen molar-refractivity contribution >= 4 is 12.1 Å². The summed E-state index contributed by atoms with van der Waals surface area (Å²) >= 11 is 0. The fourth-order valence-electron chi connectivity index (χ4n) is 1.60. The van der Waals surface area contributed by atoms with Crippen molar-refractivity contribution in [1.82, 2.24) is 15.0 Å². The van der Waals surface area contributed by atoms with E-state index in [0.29, 0.717) is 17.8 Å². The van der Waals surface area contributed by atoms with E-state index >= 15 is 0 Å². The highest BCUT2D eigenvalue weighted by Gasteiger charge is 2.15. The monoisotopic (exact) mass is 260 g/mol. The van der Waals surface area contributed by atoms with Gasteiger partial charge >= 0.3 is 0 Å². The molecule has 0 saturated carbocycles. The number of hydroxylamine groups is 1. The first-order chi connectivity index (χ1) is 9.24. The zero-order valence-electron chi connectivity index (χ0n) is 10.9. The fourth-order valence-corrected chi connectivity index (χ4v) is 1.60. The molecule has 100 valence electrons. The van der Waals surface area contributed by atoms with Gasteiger partial charge in [-0.1, -0.05) is 23.4 Å². The number of carbonyl (C=O) groups is 1. The second-order valence-electron chi connectivity index (χ2n) is 4.01. The first-order valence-corrected chi connectivity index (χ1v) is 6.11. The van der Waals surface area contributed by atoms with Crippen LogP contribution in [-0.4, -0.2) is 21.4 Å². The van der Waals surface area contributed by atoms with Crippen molar-refractivity contribution in [2.24, 2.45) is 0 Å². The van der Waals surface area contributed by atoms with Crippen molar-refractivity contribution in [2.45, 2.75) is 26.5 Å². The Morgan fingerprint density at radius 1 is 1.42 bits per heavy atom. The zero-order valence-corrected chi connectivity index (χ0v) is 10.9. The molecular formula is C13H16N4O2. The Morgan fingerprint density at radius 2 is 2.16 bits per heavy atom. The van der Waals surface area contributed by atoms with Crippen LogP contribution in [0.15, 0.2) is 36.5 Å². The van der Waals surface area contributed by atoms with Crippen LogP contribution in [-0.2, 0) is 16.2 Å². The summed E-state index contributed by atoms with van der Waals surface area (Å²) < 4.78 is 1.71. The quantitative estimate of drug-likeness (QED) is 0.588. The van der Waals surface area contributed by atoms with Crippen molar-refractivity contribution in [3.05, 3.63) is 42.2 Å². The Labute approximate surface area is 111 Å². The number of anilines is 1. The van der Waals surface area contributed by atoms with Gasteiger partial charge in [0.1, 0.15) is 11.8 Å². The number of para-hydroxylation sites is 1. The Morgan fingerprint density at radius 3 is 2.74 bits per heavy atom. The molecule has 0 aliphatic carbocycles. The second kappa shape index (κ2) is 6.10. The molecule has 2 rings (SSSR count). The molecule has 0 N–H and O–H groups in total. The molecule has 0 radical (unpaired) electrons. The molecule has 1 atom stereocenters. The van der Waals surface area contributed by atoms with Gasteiger partial charge in [-0.2, -0.15) is 5.06 Å². The van der Waals surface area contributed by atoms with E-state index in [1.165, 1.54) is 5.06 Å². The normalized spacial score (nSPS) is 12.1. The van der Waals surface area contributed by atoms with Crippen LogP contribution < -0.4 is 5.06 Å². The lowest BCUT2D eigenvalue weighted by Crippen LogP contribution is -2.23. The maximum atomic E-state index is 11.1. The summed E-state index contributed by atoms with van der Waals surface area (Å²) in [6, 6.07) is 9.15. The van der Waals surface area contributed by atoms with Gasteiger partial charge in [-0.3, -0.25) is 14.3 Å². The van der Waals surface area contributed by atoms with Gasteiger partial charge in [-0.15, -0.1) is 5.10 Å². The van der Waals surface area contributed by atoms with Gasteiger partial charge < -0.3 is 0 Å². The van der Waals surface area contributed by atoms with Crippen LogP contribution in [0.4, 0.5) is 5.69 Å². The first kappa shape index (κ1) is 13.2. The van der Waals surface area contributed by atoms with Gasteiger partial charge in [0, 0.05) is 6.54 Å². The molecule has 2 aromatic rings. The van der Waals surface area contributed by atoms with Crippen LogP contribution in [0.5, 0.6) is 0 Å². The first-order valence-electron chi connectivity index (χ1n) is 6.11. The summed E-state index contributed by atoms with van der Waals surface area (Å²) in [5, 5.41) is 9.14. The summed E-state index contributed by atoms with van der Waals surface area (Å²) in [4.78, 5) is 16.7. The molecule has 0 fully saturated rings. The zero-order chi connectivity index (χ0) is 13.7. The molecule has 0 bridgehead atoms. The smallest absolute Gasteiger partial charge is 0.238 e. The summed E-state index contributed by atoms with van der Waals surface area (Å²) in [7, 11) is 0. The Hall–Kier alpha value is -2.21. The molecule has 1 aromatic carbocycles. The Balaban J connectivity index is 2.08. The second-order valence-corrected chi connectivity index (χ2v) is 4.01. The minimum atomic E-state index is -0.356.